The van der Waals surface area contributed by atoms with Crippen molar-refractivity contribution in [1.82, 2.24) is 34.9 Å². The molecule has 10 nitrogen and oxygen atoms in total. The molecule has 0 spiro atoms. The monoisotopic (exact) mass is 476 g/mol. The van der Waals surface area contributed by atoms with Crippen LogP contribution in [-0.4, -0.2) is 75.5 Å². The zero-order valence-electron chi connectivity index (χ0n) is 20.5. The maximum absolute atomic E-state index is 12.4. The molecule has 0 saturated carbocycles. The minimum Gasteiger partial charge on any atom is -0.385 e. The highest BCUT2D eigenvalue weighted by Crippen LogP contribution is 2.27. The summed E-state index contributed by atoms with van der Waals surface area (Å²) in [4.78, 5) is 18.9. The Morgan fingerprint density at radius 1 is 1.23 bits per heavy atom. The van der Waals surface area contributed by atoms with Gasteiger partial charge in [-0.1, -0.05) is 0 Å². The summed E-state index contributed by atoms with van der Waals surface area (Å²) in [6.07, 6.45) is 8.13. The molecule has 3 aromatic heterocycles. The number of pyridine rings is 1. The predicted molar refractivity (Wildman–Crippen MR) is 134 cm³/mol. The van der Waals surface area contributed by atoms with Gasteiger partial charge in [-0.2, -0.15) is 5.10 Å². The van der Waals surface area contributed by atoms with Crippen molar-refractivity contribution in [2.75, 3.05) is 33.4 Å². The van der Waals surface area contributed by atoms with Crippen LogP contribution in [0.15, 0.2) is 42.0 Å². The van der Waals surface area contributed by atoms with Crippen molar-refractivity contribution >= 4 is 22.8 Å². The Hall–Kier alpha value is -3.66. The summed E-state index contributed by atoms with van der Waals surface area (Å²) in [6, 6.07) is 4.31. The van der Waals surface area contributed by atoms with E-state index in [9.17, 15) is 10.2 Å². The van der Waals surface area contributed by atoms with E-state index in [1.165, 1.54) is 0 Å². The zero-order chi connectivity index (χ0) is 24.5. The molecule has 3 aromatic rings. The second-order valence-corrected chi connectivity index (χ2v) is 9.22. The van der Waals surface area contributed by atoms with E-state index < -0.39 is 0 Å². The Kier molecular flexibility index (Phi) is 6.29. The number of nitrogens with zero attached hydrogens (tertiary/aromatic N) is 5. The number of ether oxygens (including phenoxy) is 1. The second kappa shape index (κ2) is 9.53. The van der Waals surface area contributed by atoms with Gasteiger partial charge >= 0.3 is 6.03 Å². The highest BCUT2D eigenvalue weighted by atomic mass is 16.5. The van der Waals surface area contributed by atoms with Crippen LogP contribution in [-0.2, 0) is 11.8 Å². The fraction of sp³-hybridized carbons (Fsp3) is 0.440. The Labute approximate surface area is 204 Å². The summed E-state index contributed by atoms with van der Waals surface area (Å²) in [7, 11) is 3.53. The van der Waals surface area contributed by atoms with Gasteiger partial charge in [0.1, 0.15) is 5.84 Å². The van der Waals surface area contributed by atoms with Crippen molar-refractivity contribution in [3.8, 4) is 11.3 Å². The standard InChI is InChI=1S/C25H32N8O2/c1-16-10-17-11-22(18-12-29-31(3)14-18)28-13-23(17)33(16)24(26)20-15-32(25(34)27-2)7-4-21(20)30-19-5-8-35-9-6-19/h10-14,19,26,30H,4-9,15H2,1-3H3,(H,27,34). The van der Waals surface area contributed by atoms with Crippen LogP contribution in [0, 0.1) is 12.3 Å². The molecule has 2 aliphatic rings. The van der Waals surface area contributed by atoms with Gasteiger partial charge in [0.25, 0.3) is 0 Å². The Balaban J connectivity index is 1.52. The first-order valence-corrected chi connectivity index (χ1v) is 12.0. The van der Waals surface area contributed by atoms with Crippen molar-refractivity contribution in [3.05, 3.63) is 47.7 Å². The summed E-state index contributed by atoms with van der Waals surface area (Å²) in [5.74, 6) is 0.372. The number of hydrogen-bond donors (Lipinski definition) is 3. The third kappa shape index (κ3) is 4.53. The molecular weight excluding hydrogens is 444 g/mol. The smallest absolute Gasteiger partial charge is 0.317 e. The van der Waals surface area contributed by atoms with Gasteiger partial charge in [-0.25, -0.2) is 4.79 Å². The number of nitrogens with one attached hydrogen (secondary N) is 3. The number of aryl methyl sites for hydroxylation is 2. The molecule has 35 heavy (non-hydrogen) atoms. The van der Waals surface area contributed by atoms with Crippen LogP contribution >= 0.6 is 0 Å². The van der Waals surface area contributed by atoms with Gasteiger partial charge in [0.15, 0.2) is 0 Å². The lowest BCUT2D eigenvalue weighted by Gasteiger charge is -2.34. The highest BCUT2D eigenvalue weighted by Gasteiger charge is 2.28. The molecule has 0 radical (unpaired) electrons. The summed E-state index contributed by atoms with van der Waals surface area (Å²) >= 11 is 0. The minimum absolute atomic E-state index is 0.128. The predicted octanol–water partition coefficient (Wildman–Crippen LogP) is 2.64. The molecule has 2 amide bonds. The Morgan fingerprint density at radius 3 is 2.74 bits per heavy atom. The minimum atomic E-state index is -0.128. The summed E-state index contributed by atoms with van der Waals surface area (Å²) < 4.78 is 9.21. The molecule has 5 rings (SSSR count). The Bertz CT molecular complexity index is 1300. The summed E-state index contributed by atoms with van der Waals surface area (Å²) in [5.41, 5.74) is 5.50. The summed E-state index contributed by atoms with van der Waals surface area (Å²) in [5, 5.41) is 20.9. The SMILES string of the molecule is CNC(=O)N1CCC(NC2CCOCC2)=C(C(=N)n2c(C)cc3cc(-c4cnn(C)c4)ncc32)C1. The Morgan fingerprint density at radius 2 is 2.03 bits per heavy atom. The number of carbonyl (C=O) groups is 1. The summed E-state index contributed by atoms with van der Waals surface area (Å²) in [6.45, 7) is 4.49. The first kappa shape index (κ1) is 23.1. The van der Waals surface area contributed by atoms with Gasteiger partial charge in [-0.05, 0) is 31.9 Å². The van der Waals surface area contributed by atoms with Gasteiger partial charge in [-0.3, -0.25) is 19.6 Å². The third-order valence-electron chi connectivity index (χ3n) is 6.83. The third-order valence-corrected chi connectivity index (χ3v) is 6.83. The van der Waals surface area contributed by atoms with Crippen molar-refractivity contribution < 1.29 is 9.53 Å². The molecular formula is C25H32N8O2. The van der Waals surface area contributed by atoms with Crippen LogP contribution in [0.25, 0.3) is 22.2 Å². The number of aromatic nitrogens is 4. The number of amides is 2. The second-order valence-electron chi connectivity index (χ2n) is 9.22. The van der Waals surface area contributed by atoms with E-state index in [0.29, 0.717) is 31.4 Å². The van der Waals surface area contributed by atoms with Gasteiger partial charge < -0.3 is 20.3 Å². The molecule has 0 atom stereocenters. The normalized spacial score (nSPS) is 17.2. The van der Waals surface area contributed by atoms with Gasteiger partial charge in [0.2, 0.25) is 0 Å². The lowest BCUT2D eigenvalue weighted by Crippen LogP contribution is -2.46. The topological polar surface area (TPSA) is 113 Å². The van der Waals surface area contributed by atoms with Gasteiger partial charge in [0, 0.05) is 80.4 Å². The van der Waals surface area contributed by atoms with Crippen LogP contribution in [0.2, 0.25) is 0 Å². The molecule has 184 valence electrons. The van der Waals surface area contributed by atoms with E-state index in [0.717, 1.165) is 65.2 Å². The van der Waals surface area contributed by atoms with E-state index >= 15 is 0 Å². The largest absolute Gasteiger partial charge is 0.385 e. The first-order chi connectivity index (χ1) is 16.9. The van der Waals surface area contributed by atoms with Crippen LogP contribution in [0.5, 0.6) is 0 Å². The van der Waals surface area contributed by atoms with Crippen molar-refractivity contribution in [2.24, 2.45) is 7.05 Å². The van der Waals surface area contributed by atoms with Gasteiger partial charge in [-0.15, -0.1) is 0 Å². The molecule has 0 aromatic carbocycles. The number of rotatable bonds is 4. The van der Waals surface area contributed by atoms with Gasteiger partial charge in [0.05, 0.1) is 30.1 Å². The van der Waals surface area contributed by atoms with E-state index in [1.807, 2.05) is 37.0 Å². The van der Waals surface area contributed by atoms with Crippen LogP contribution in [0.4, 0.5) is 4.79 Å². The number of fused-ring (bicyclic) bond motifs is 1. The van der Waals surface area contributed by atoms with E-state index in [4.69, 9.17) is 4.74 Å². The van der Waals surface area contributed by atoms with Crippen molar-refractivity contribution in [1.29, 1.82) is 5.41 Å². The molecule has 1 fully saturated rings. The zero-order valence-corrected chi connectivity index (χ0v) is 20.5. The number of carbonyl (C=O) groups excluding carboxylic acids is 1. The maximum Gasteiger partial charge on any atom is 0.317 e. The fourth-order valence-electron chi connectivity index (χ4n) is 4.95. The number of hydrogen-bond acceptors (Lipinski definition) is 6. The fourth-order valence-corrected chi connectivity index (χ4v) is 4.95. The molecule has 0 aliphatic carbocycles. The highest BCUT2D eigenvalue weighted by molar-refractivity contribution is 6.05. The van der Waals surface area contributed by atoms with E-state index in [1.54, 1.807) is 22.8 Å². The first-order valence-electron chi connectivity index (χ1n) is 12.0. The molecule has 2 aliphatic heterocycles. The average Bonchev–Trinajstić information content (AvgIpc) is 3.45. The molecule has 5 heterocycles. The van der Waals surface area contributed by atoms with E-state index in [-0.39, 0.29) is 6.03 Å². The van der Waals surface area contributed by atoms with Crippen molar-refractivity contribution in [2.45, 2.75) is 32.2 Å². The average molecular weight is 477 g/mol. The number of urea groups is 1. The van der Waals surface area contributed by atoms with Crippen LogP contribution in [0.1, 0.15) is 25.0 Å². The van der Waals surface area contributed by atoms with Crippen molar-refractivity contribution in [3.63, 3.8) is 0 Å². The maximum atomic E-state index is 12.4. The van der Waals surface area contributed by atoms with Crippen LogP contribution in [0.3, 0.4) is 0 Å². The molecule has 0 bridgehead atoms. The molecule has 0 unspecified atom stereocenters. The molecule has 10 heteroatoms. The lowest BCUT2D eigenvalue weighted by atomic mass is 10.0. The quantitative estimate of drug-likeness (QED) is 0.396. The molecule has 1 saturated heterocycles. The lowest BCUT2D eigenvalue weighted by molar-refractivity contribution is 0.0798. The van der Waals surface area contributed by atoms with E-state index in [2.05, 4.69) is 26.8 Å². The molecule has 3 N–H and O–H groups in total. The van der Waals surface area contributed by atoms with Crippen LogP contribution < -0.4 is 10.6 Å².